The van der Waals surface area contributed by atoms with Crippen molar-refractivity contribution < 1.29 is 28.5 Å². The van der Waals surface area contributed by atoms with E-state index in [4.69, 9.17) is 23.7 Å². The summed E-state index contributed by atoms with van der Waals surface area (Å²) in [6.07, 6.45) is 3.30. The maximum absolute atomic E-state index is 12.5. The first kappa shape index (κ1) is 20.3. The van der Waals surface area contributed by atoms with Gasteiger partial charge in [0.15, 0.2) is 17.3 Å². The Morgan fingerprint density at radius 2 is 1.68 bits per heavy atom. The van der Waals surface area contributed by atoms with Crippen molar-refractivity contribution in [3.63, 3.8) is 0 Å². The molecule has 0 N–H and O–H groups in total. The number of allylic oxidation sites excluding steroid dienone is 1. The van der Waals surface area contributed by atoms with Crippen molar-refractivity contribution in [3.05, 3.63) is 83.4 Å². The van der Waals surface area contributed by atoms with E-state index in [1.807, 2.05) is 42.5 Å². The van der Waals surface area contributed by atoms with Gasteiger partial charge in [0.1, 0.15) is 23.9 Å². The third-order valence-electron chi connectivity index (χ3n) is 4.84. The molecule has 0 atom stereocenters. The highest BCUT2D eigenvalue weighted by molar-refractivity contribution is 6.07. The molecular formula is C25H22O6. The van der Waals surface area contributed by atoms with Crippen LogP contribution >= 0.6 is 0 Å². The van der Waals surface area contributed by atoms with E-state index >= 15 is 0 Å². The van der Waals surface area contributed by atoms with Crippen LogP contribution in [0, 0.1) is 0 Å². The van der Waals surface area contributed by atoms with Gasteiger partial charge in [-0.1, -0.05) is 12.1 Å². The van der Waals surface area contributed by atoms with Crippen LogP contribution in [0.15, 0.2) is 66.7 Å². The zero-order chi connectivity index (χ0) is 21.6. The van der Waals surface area contributed by atoms with Gasteiger partial charge in [-0.15, -0.1) is 0 Å². The Morgan fingerprint density at radius 1 is 0.903 bits per heavy atom. The molecule has 6 heteroatoms. The number of carbonyl (C=O) groups is 1. The minimum atomic E-state index is -0.120. The van der Waals surface area contributed by atoms with E-state index in [0.29, 0.717) is 29.4 Å². The molecule has 0 bridgehead atoms. The summed E-state index contributed by atoms with van der Waals surface area (Å²) in [4.78, 5) is 12.5. The minimum absolute atomic E-state index is 0.120. The lowest BCUT2D eigenvalue weighted by atomic mass is 10.1. The van der Waals surface area contributed by atoms with E-state index in [2.05, 4.69) is 0 Å². The average Bonchev–Trinajstić information content (AvgIpc) is 3.29. The summed E-state index contributed by atoms with van der Waals surface area (Å²) in [5.74, 6) is 3.32. The lowest BCUT2D eigenvalue weighted by molar-refractivity contribution is 0.104. The van der Waals surface area contributed by atoms with Crippen LogP contribution in [-0.2, 0) is 6.61 Å². The molecule has 31 heavy (non-hydrogen) atoms. The van der Waals surface area contributed by atoms with Crippen LogP contribution in [0.5, 0.6) is 28.7 Å². The third kappa shape index (κ3) is 4.80. The Balaban J connectivity index is 1.46. The molecule has 4 rings (SSSR count). The number of fused-ring (bicyclic) bond motifs is 1. The van der Waals surface area contributed by atoms with Crippen molar-refractivity contribution in [2.75, 3.05) is 21.0 Å². The van der Waals surface area contributed by atoms with Crippen LogP contribution in [0.3, 0.4) is 0 Å². The van der Waals surface area contributed by atoms with Gasteiger partial charge in [0.25, 0.3) is 0 Å². The van der Waals surface area contributed by atoms with Gasteiger partial charge < -0.3 is 23.7 Å². The second kappa shape index (κ2) is 9.26. The summed E-state index contributed by atoms with van der Waals surface area (Å²) in [5.41, 5.74) is 2.27. The summed E-state index contributed by atoms with van der Waals surface area (Å²) in [7, 11) is 3.24. The number of carbonyl (C=O) groups excluding carboxylic acids is 1. The molecule has 0 amide bonds. The van der Waals surface area contributed by atoms with Gasteiger partial charge in [-0.3, -0.25) is 4.79 Å². The van der Waals surface area contributed by atoms with Crippen molar-refractivity contribution in [1.29, 1.82) is 0 Å². The third-order valence-corrected chi connectivity index (χ3v) is 4.84. The molecular weight excluding hydrogens is 396 g/mol. The number of ether oxygens (including phenoxy) is 5. The molecule has 1 heterocycles. The van der Waals surface area contributed by atoms with Gasteiger partial charge in [-0.2, -0.15) is 0 Å². The second-order valence-electron chi connectivity index (χ2n) is 6.80. The molecule has 0 aliphatic carbocycles. The maximum Gasteiger partial charge on any atom is 0.231 e. The van der Waals surface area contributed by atoms with E-state index in [1.54, 1.807) is 38.5 Å². The number of hydrogen-bond donors (Lipinski definition) is 0. The Kier molecular flexibility index (Phi) is 6.08. The van der Waals surface area contributed by atoms with Crippen LogP contribution in [-0.4, -0.2) is 26.8 Å². The molecule has 0 saturated heterocycles. The molecule has 6 nitrogen and oxygen atoms in total. The minimum Gasteiger partial charge on any atom is -0.497 e. The first-order valence-corrected chi connectivity index (χ1v) is 9.72. The number of methoxy groups -OCH3 is 2. The van der Waals surface area contributed by atoms with E-state index in [9.17, 15) is 4.79 Å². The van der Waals surface area contributed by atoms with Gasteiger partial charge in [0.05, 0.1) is 14.2 Å². The first-order chi connectivity index (χ1) is 15.2. The normalized spacial score (nSPS) is 12.1. The fraction of sp³-hybridized carbons (Fsp3) is 0.160. The number of benzene rings is 3. The number of ketones is 1. The van der Waals surface area contributed by atoms with Crippen molar-refractivity contribution >= 4 is 11.9 Å². The molecule has 158 valence electrons. The molecule has 3 aromatic carbocycles. The maximum atomic E-state index is 12.5. The van der Waals surface area contributed by atoms with Crippen molar-refractivity contribution in [3.8, 4) is 28.7 Å². The Bertz CT molecular complexity index is 1100. The lowest BCUT2D eigenvalue weighted by Crippen LogP contribution is -1.99. The molecule has 0 fully saturated rings. The molecule has 0 spiro atoms. The van der Waals surface area contributed by atoms with Crippen LogP contribution in [0.4, 0.5) is 0 Å². The van der Waals surface area contributed by atoms with Crippen molar-refractivity contribution in [2.45, 2.75) is 6.61 Å². The van der Waals surface area contributed by atoms with Gasteiger partial charge >= 0.3 is 0 Å². The average molecular weight is 418 g/mol. The smallest absolute Gasteiger partial charge is 0.231 e. The Morgan fingerprint density at radius 3 is 2.45 bits per heavy atom. The molecule has 1 aliphatic rings. The lowest BCUT2D eigenvalue weighted by Gasteiger charge is -2.11. The highest BCUT2D eigenvalue weighted by atomic mass is 16.7. The number of rotatable bonds is 8. The van der Waals surface area contributed by atoms with Crippen LogP contribution in [0.2, 0.25) is 0 Å². The molecule has 1 aliphatic heterocycles. The molecule has 0 radical (unpaired) electrons. The first-order valence-electron chi connectivity index (χ1n) is 9.72. The number of hydrogen-bond acceptors (Lipinski definition) is 6. The summed E-state index contributed by atoms with van der Waals surface area (Å²) in [6, 6.07) is 18.2. The molecule has 3 aromatic rings. The van der Waals surface area contributed by atoms with Gasteiger partial charge in [-0.25, -0.2) is 0 Å². The van der Waals surface area contributed by atoms with Gasteiger partial charge in [0, 0.05) is 11.1 Å². The van der Waals surface area contributed by atoms with E-state index in [0.717, 1.165) is 22.6 Å². The van der Waals surface area contributed by atoms with Crippen LogP contribution in [0.25, 0.3) is 6.08 Å². The standard InChI is InChI=1S/C25H22O6/c1-27-20-6-8-21(9-7-20)29-15-19-13-17(4-11-23(19)28-2)3-10-22(26)18-5-12-24-25(14-18)31-16-30-24/h3-14H,15-16H2,1-2H3/b10-3+. The zero-order valence-electron chi connectivity index (χ0n) is 17.3. The monoisotopic (exact) mass is 418 g/mol. The predicted molar refractivity (Wildman–Crippen MR) is 116 cm³/mol. The summed E-state index contributed by atoms with van der Waals surface area (Å²) >= 11 is 0. The topological polar surface area (TPSA) is 63.2 Å². The van der Waals surface area contributed by atoms with E-state index in [1.165, 1.54) is 6.08 Å². The summed E-state index contributed by atoms with van der Waals surface area (Å²) in [6.45, 7) is 0.503. The van der Waals surface area contributed by atoms with Gasteiger partial charge in [-0.05, 0) is 66.2 Å². The summed E-state index contributed by atoms with van der Waals surface area (Å²) < 4.78 is 27.1. The predicted octanol–water partition coefficient (Wildman–Crippen LogP) is 4.91. The van der Waals surface area contributed by atoms with Gasteiger partial charge in [0.2, 0.25) is 6.79 Å². The second-order valence-corrected chi connectivity index (χ2v) is 6.80. The fourth-order valence-electron chi connectivity index (χ4n) is 3.17. The molecule has 0 unspecified atom stereocenters. The highest BCUT2D eigenvalue weighted by Gasteiger charge is 2.15. The Hall–Kier alpha value is -3.93. The molecule has 0 saturated carbocycles. The fourth-order valence-corrected chi connectivity index (χ4v) is 3.17. The van der Waals surface area contributed by atoms with E-state index < -0.39 is 0 Å². The SMILES string of the molecule is COc1ccc(OCc2cc(/C=C/C(=O)c3ccc4c(c3)OCO4)ccc2OC)cc1. The largest absolute Gasteiger partial charge is 0.497 e. The van der Waals surface area contributed by atoms with Crippen LogP contribution < -0.4 is 23.7 Å². The molecule has 0 aromatic heterocycles. The quantitative estimate of drug-likeness (QED) is 0.383. The van der Waals surface area contributed by atoms with Crippen LogP contribution in [0.1, 0.15) is 21.5 Å². The Labute approximate surface area is 180 Å². The van der Waals surface area contributed by atoms with E-state index in [-0.39, 0.29) is 12.6 Å². The summed E-state index contributed by atoms with van der Waals surface area (Å²) in [5, 5.41) is 0. The van der Waals surface area contributed by atoms with Crippen molar-refractivity contribution in [2.24, 2.45) is 0 Å². The van der Waals surface area contributed by atoms with Crippen molar-refractivity contribution in [1.82, 2.24) is 0 Å². The zero-order valence-corrected chi connectivity index (χ0v) is 17.3. The highest BCUT2D eigenvalue weighted by Crippen LogP contribution is 2.32.